The molecule has 13 heteroatoms. The molecule has 252 valence electrons. The molecule has 0 saturated carbocycles. The van der Waals surface area contributed by atoms with Crippen LogP contribution < -0.4 is 5.32 Å². The largest absolute Gasteiger partial charge is 0.460 e. The van der Waals surface area contributed by atoms with Crippen LogP contribution in [0.2, 0.25) is 0 Å². The normalized spacial score (nSPS) is 22.7. The highest BCUT2D eigenvalue weighted by Crippen LogP contribution is 2.44. The number of aliphatic hydroxyl groups is 2. The fourth-order valence-corrected chi connectivity index (χ4v) is 5.96. The Kier molecular flexibility index (Phi) is 11.8. The molecule has 3 aromatic carbocycles. The van der Waals surface area contributed by atoms with Gasteiger partial charge in [-0.2, -0.15) is 0 Å². The summed E-state index contributed by atoms with van der Waals surface area (Å²) in [6, 6.07) is 22.3. The summed E-state index contributed by atoms with van der Waals surface area (Å²) >= 11 is 0. The fourth-order valence-electron chi connectivity index (χ4n) is 5.96. The quantitative estimate of drug-likeness (QED) is 0.0745. The van der Waals surface area contributed by atoms with E-state index in [4.69, 9.17) is 23.7 Å². The predicted molar refractivity (Wildman–Crippen MR) is 173 cm³/mol. The number of rotatable bonds is 14. The zero-order valence-corrected chi connectivity index (χ0v) is 26.3. The monoisotopic (exact) mass is 658 g/mol. The van der Waals surface area contributed by atoms with E-state index in [0.29, 0.717) is 0 Å². The van der Waals surface area contributed by atoms with E-state index >= 15 is 0 Å². The highest BCUT2D eigenvalue weighted by Gasteiger charge is 2.47. The van der Waals surface area contributed by atoms with Crippen LogP contribution in [0.25, 0.3) is 21.6 Å². The number of azide groups is 1. The molecule has 3 N–H and O–H groups in total. The molecule has 2 aliphatic rings. The molecule has 0 bridgehead atoms. The lowest BCUT2D eigenvalue weighted by Gasteiger charge is -2.43. The Morgan fingerprint density at radius 3 is 2.31 bits per heavy atom. The number of carbonyl (C=O) groups excluding carboxylic acids is 2. The predicted octanol–water partition coefficient (Wildman–Crippen LogP) is 4.37. The molecule has 1 amide bonds. The number of carbonyl (C=O) groups is 2. The van der Waals surface area contributed by atoms with Gasteiger partial charge in [0.05, 0.1) is 25.4 Å². The number of alkyl carbamates (subject to hydrolysis) is 1. The number of aliphatic hydroxyl groups excluding tert-OH is 2. The first-order chi connectivity index (χ1) is 23.4. The van der Waals surface area contributed by atoms with Crippen molar-refractivity contribution < 1.29 is 43.5 Å². The van der Waals surface area contributed by atoms with Gasteiger partial charge in [-0.15, -0.1) is 0 Å². The molecular formula is C35H38N4O9. The minimum absolute atomic E-state index is 0.00468. The summed E-state index contributed by atoms with van der Waals surface area (Å²) < 4.78 is 28.7. The molecule has 0 unspecified atom stereocenters. The third kappa shape index (κ3) is 7.85. The average molecular weight is 659 g/mol. The van der Waals surface area contributed by atoms with Crippen LogP contribution in [0.15, 0.2) is 96.6 Å². The average Bonchev–Trinajstić information content (AvgIpc) is 3.43. The molecule has 0 aromatic heterocycles. The number of esters is 1. The van der Waals surface area contributed by atoms with Crippen LogP contribution in [0.1, 0.15) is 29.5 Å². The van der Waals surface area contributed by atoms with E-state index in [-0.39, 0.29) is 25.7 Å². The van der Waals surface area contributed by atoms with Crippen molar-refractivity contribution in [3.8, 4) is 11.1 Å². The molecule has 1 fully saturated rings. The first-order valence-electron chi connectivity index (χ1n) is 15.5. The molecule has 13 nitrogen and oxygen atoms in total. The minimum Gasteiger partial charge on any atom is -0.460 e. The first kappa shape index (κ1) is 34.6. The number of ether oxygens (including phenoxy) is 5. The van der Waals surface area contributed by atoms with Gasteiger partial charge < -0.3 is 39.2 Å². The van der Waals surface area contributed by atoms with E-state index in [1.807, 2.05) is 78.9 Å². The van der Waals surface area contributed by atoms with Gasteiger partial charge in [0.1, 0.15) is 31.5 Å². The molecule has 1 heterocycles. The van der Waals surface area contributed by atoms with E-state index in [2.05, 4.69) is 21.9 Å². The van der Waals surface area contributed by atoms with Crippen molar-refractivity contribution in [1.29, 1.82) is 0 Å². The van der Waals surface area contributed by atoms with Crippen molar-refractivity contribution >= 4 is 12.1 Å². The molecule has 1 aliphatic carbocycles. The molecule has 3 aromatic rings. The summed E-state index contributed by atoms with van der Waals surface area (Å²) in [5.41, 5.74) is 14.3. The Morgan fingerprint density at radius 1 is 1.04 bits per heavy atom. The molecule has 1 saturated heterocycles. The maximum atomic E-state index is 13.2. The van der Waals surface area contributed by atoms with E-state index in [1.54, 1.807) is 0 Å². The van der Waals surface area contributed by atoms with Crippen LogP contribution in [0, 0.1) is 0 Å². The third-order valence-corrected chi connectivity index (χ3v) is 8.32. The van der Waals surface area contributed by atoms with Gasteiger partial charge in [-0.25, -0.2) is 9.59 Å². The molecule has 48 heavy (non-hydrogen) atoms. The van der Waals surface area contributed by atoms with Crippen LogP contribution in [0.4, 0.5) is 4.79 Å². The van der Waals surface area contributed by atoms with Gasteiger partial charge >= 0.3 is 12.1 Å². The number of hydrogen-bond acceptors (Lipinski definition) is 10. The molecule has 0 spiro atoms. The zero-order valence-electron chi connectivity index (χ0n) is 26.3. The van der Waals surface area contributed by atoms with E-state index < -0.39 is 61.5 Å². The molecular weight excluding hydrogens is 620 g/mol. The molecule has 1 aliphatic heterocycles. The highest BCUT2D eigenvalue weighted by molar-refractivity contribution is 5.82. The summed E-state index contributed by atoms with van der Waals surface area (Å²) in [5.74, 6) is -1.06. The van der Waals surface area contributed by atoms with Crippen LogP contribution in [0.3, 0.4) is 0 Å². The Balaban J connectivity index is 1.30. The Morgan fingerprint density at radius 2 is 1.69 bits per heavy atom. The maximum absolute atomic E-state index is 13.2. The zero-order chi connectivity index (χ0) is 34.0. The Labute approximate surface area is 277 Å². The third-order valence-electron chi connectivity index (χ3n) is 8.32. The lowest BCUT2D eigenvalue weighted by Crippen LogP contribution is -2.61. The maximum Gasteiger partial charge on any atom is 0.407 e. The van der Waals surface area contributed by atoms with Gasteiger partial charge in [0, 0.05) is 10.8 Å². The van der Waals surface area contributed by atoms with Crippen molar-refractivity contribution in [3.63, 3.8) is 0 Å². The van der Waals surface area contributed by atoms with Crippen LogP contribution in [-0.4, -0.2) is 84.9 Å². The molecule has 7 atom stereocenters. The van der Waals surface area contributed by atoms with Crippen molar-refractivity contribution in [1.82, 2.24) is 5.32 Å². The van der Waals surface area contributed by atoms with E-state index in [1.165, 1.54) is 13.0 Å². The van der Waals surface area contributed by atoms with Crippen molar-refractivity contribution in [3.05, 3.63) is 119 Å². The molecule has 5 rings (SSSR count). The summed E-state index contributed by atoms with van der Waals surface area (Å²) in [6.07, 6.45) is -5.75. The summed E-state index contributed by atoms with van der Waals surface area (Å²) in [4.78, 5) is 29.2. The number of fused-ring (bicyclic) bond motifs is 3. The second kappa shape index (κ2) is 16.4. The fraction of sp³-hybridized carbons (Fsp3) is 0.371. The Hall–Kier alpha value is -4.75. The lowest BCUT2D eigenvalue weighted by molar-refractivity contribution is -0.285. The number of benzene rings is 3. The summed E-state index contributed by atoms with van der Waals surface area (Å²) in [5, 5.41) is 27.2. The van der Waals surface area contributed by atoms with Crippen molar-refractivity contribution in [2.75, 3.05) is 19.8 Å². The number of nitrogens with one attached hydrogen (secondary N) is 1. The Bertz CT molecular complexity index is 1570. The number of hydrogen-bond donors (Lipinski definition) is 3. The number of nitrogens with zero attached hydrogens (tertiary/aromatic N) is 3. The highest BCUT2D eigenvalue weighted by atomic mass is 16.7. The van der Waals surface area contributed by atoms with Crippen LogP contribution in [0.5, 0.6) is 0 Å². The van der Waals surface area contributed by atoms with Gasteiger partial charge in [-0.3, -0.25) is 0 Å². The van der Waals surface area contributed by atoms with Crippen LogP contribution >= 0.6 is 0 Å². The van der Waals surface area contributed by atoms with Gasteiger partial charge in [0.15, 0.2) is 12.3 Å². The standard InChI is InChI=1S/C35H38N4O9/c1-3-17-44-33(42)29(37-35(43)46-20-27-25-15-9-7-13-23(25)24-14-8-10-16-26(24)27)21(2)47-34-30(38-39-36)32(31(41)28(18-40)48-34)45-19-22-11-5-4-6-12-22/h3-16,21,27-32,34,40-41H,1,17-20H2,2H3,(H,37,43)/t21-,28-,29+,30-,31+,32-,34+/m1/s1. The van der Waals surface area contributed by atoms with Crippen molar-refractivity contribution in [2.45, 2.75) is 62.2 Å². The van der Waals surface area contributed by atoms with Crippen molar-refractivity contribution in [2.24, 2.45) is 5.11 Å². The second-order valence-corrected chi connectivity index (χ2v) is 11.4. The van der Waals surface area contributed by atoms with Gasteiger partial charge in [-0.05, 0) is 40.3 Å². The van der Waals surface area contributed by atoms with E-state index in [9.17, 15) is 25.3 Å². The minimum atomic E-state index is -1.40. The van der Waals surface area contributed by atoms with Gasteiger partial charge in [0.2, 0.25) is 0 Å². The first-order valence-corrected chi connectivity index (χ1v) is 15.5. The SMILES string of the molecule is C=CCOC(=O)[C@@H](NC(=O)OCC1c2ccccc2-c2ccccc21)[C@@H](C)O[C@H]1O[C@H](CO)[C@H](O)[C@H](OCc2ccccc2)[C@H]1N=[N+]=[N-]. The number of amides is 1. The van der Waals surface area contributed by atoms with Gasteiger partial charge in [0.25, 0.3) is 0 Å². The summed E-state index contributed by atoms with van der Waals surface area (Å²) in [7, 11) is 0. The van der Waals surface area contributed by atoms with E-state index in [0.717, 1.165) is 27.8 Å². The summed E-state index contributed by atoms with van der Waals surface area (Å²) in [6.45, 7) is 4.36. The topological polar surface area (TPSA) is 182 Å². The van der Waals surface area contributed by atoms with Gasteiger partial charge in [-0.1, -0.05) is 96.6 Å². The second-order valence-electron chi connectivity index (χ2n) is 11.4. The lowest BCUT2D eigenvalue weighted by atomic mass is 9.97. The smallest absolute Gasteiger partial charge is 0.407 e. The van der Waals surface area contributed by atoms with Crippen LogP contribution in [-0.2, 0) is 35.1 Å². The molecule has 0 radical (unpaired) electrons.